The van der Waals surface area contributed by atoms with Crippen molar-refractivity contribution in [3.05, 3.63) is 11.8 Å². The molecule has 0 radical (unpaired) electrons. The van der Waals surface area contributed by atoms with E-state index in [4.69, 9.17) is 15.9 Å². The highest BCUT2D eigenvalue weighted by Gasteiger charge is 1.91. The average Bonchev–Trinajstić information content (AvgIpc) is 1.86. The third-order valence-corrected chi connectivity index (χ3v) is 0.951. The Hall–Kier alpha value is -1.03. The van der Waals surface area contributed by atoms with Crippen LogP contribution in [0.15, 0.2) is 11.8 Å². The van der Waals surface area contributed by atoms with Crippen molar-refractivity contribution in [3.8, 4) is 0 Å². The van der Waals surface area contributed by atoms with Crippen LogP contribution in [0, 0.1) is 5.41 Å². The van der Waals surface area contributed by atoms with E-state index in [9.17, 15) is 0 Å². The minimum absolute atomic E-state index is 0.0291. The molecule has 0 saturated heterocycles. The zero-order valence-corrected chi connectivity index (χ0v) is 6.27. The van der Waals surface area contributed by atoms with Crippen LogP contribution < -0.4 is 11.1 Å². The number of likely N-dealkylation sites (N-methyl/N-ethyl adjacent to an activating group) is 1. The van der Waals surface area contributed by atoms with Crippen LogP contribution in [0.3, 0.4) is 0 Å². The predicted octanol–water partition coefficient (Wildman–Crippen LogP) is -0.328. The van der Waals surface area contributed by atoms with Crippen molar-refractivity contribution in [2.24, 2.45) is 5.73 Å². The second-order valence-electron chi connectivity index (χ2n) is 1.81. The first-order valence-corrected chi connectivity index (χ1v) is 2.92. The molecule has 10 heavy (non-hydrogen) atoms. The monoisotopic (exact) mass is 143 g/mol. The third kappa shape index (κ3) is 3.91. The molecule has 0 aromatic heterocycles. The standard InChI is InChI=1S/C6H13N3O/c1-9-5(4-10-2)3-6(7)8/h3,9H,4H2,1-2H3,(H3,7,8)/b5-3-. The number of hydrogen-bond donors (Lipinski definition) is 3. The van der Waals surface area contributed by atoms with Crippen molar-refractivity contribution in [2.75, 3.05) is 20.8 Å². The summed E-state index contributed by atoms with van der Waals surface area (Å²) in [6, 6.07) is 0. The summed E-state index contributed by atoms with van der Waals surface area (Å²) in [7, 11) is 3.35. The van der Waals surface area contributed by atoms with Crippen molar-refractivity contribution in [3.63, 3.8) is 0 Å². The fourth-order valence-corrected chi connectivity index (χ4v) is 0.529. The molecule has 4 N–H and O–H groups in total. The molecule has 4 nitrogen and oxygen atoms in total. The smallest absolute Gasteiger partial charge is 0.117 e. The van der Waals surface area contributed by atoms with E-state index in [1.807, 2.05) is 0 Å². The van der Waals surface area contributed by atoms with E-state index in [2.05, 4.69) is 5.32 Å². The molecule has 0 saturated carbocycles. The lowest BCUT2D eigenvalue weighted by Crippen LogP contribution is -2.16. The van der Waals surface area contributed by atoms with E-state index in [1.54, 1.807) is 14.2 Å². The second kappa shape index (κ2) is 4.81. The third-order valence-electron chi connectivity index (χ3n) is 0.951. The van der Waals surface area contributed by atoms with Gasteiger partial charge in [0.2, 0.25) is 0 Å². The quantitative estimate of drug-likeness (QED) is 0.373. The first kappa shape index (κ1) is 8.97. The topological polar surface area (TPSA) is 71.1 Å². The molecule has 0 unspecified atom stereocenters. The molecular weight excluding hydrogens is 130 g/mol. The van der Waals surface area contributed by atoms with E-state index in [0.29, 0.717) is 6.61 Å². The lowest BCUT2D eigenvalue weighted by Gasteiger charge is -2.03. The SMILES string of the molecule is CN/C(=C\C(=N)N)COC. The molecule has 0 aromatic rings. The zero-order valence-electron chi connectivity index (χ0n) is 6.27. The molecule has 0 aliphatic heterocycles. The number of nitrogens with one attached hydrogen (secondary N) is 2. The van der Waals surface area contributed by atoms with E-state index in [1.165, 1.54) is 6.08 Å². The average molecular weight is 143 g/mol. The van der Waals surface area contributed by atoms with Crippen LogP contribution in [-0.4, -0.2) is 26.6 Å². The van der Waals surface area contributed by atoms with E-state index < -0.39 is 0 Å². The number of rotatable bonds is 4. The Bertz CT molecular complexity index is 142. The Morgan fingerprint density at radius 3 is 2.70 bits per heavy atom. The van der Waals surface area contributed by atoms with Gasteiger partial charge in [-0.3, -0.25) is 5.41 Å². The fraction of sp³-hybridized carbons (Fsp3) is 0.500. The number of hydrogen-bond acceptors (Lipinski definition) is 3. The van der Waals surface area contributed by atoms with Gasteiger partial charge in [0.1, 0.15) is 5.84 Å². The van der Waals surface area contributed by atoms with Gasteiger partial charge in [0.15, 0.2) is 0 Å². The second-order valence-corrected chi connectivity index (χ2v) is 1.81. The fourth-order valence-electron chi connectivity index (χ4n) is 0.529. The van der Waals surface area contributed by atoms with Gasteiger partial charge in [0, 0.05) is 25.9 Å². The lowest BCUT2D eigenvalue weighted by molar-refractivity contribution is 0.221. The van der Waals surface area contributed by atoms with Gasteiger partial charge in [-0.25, -0.2) is 0 Å². The van der Waals surface area contributed by atoms with Gasteiger partial charge in [-0.05, 0) is 0 Å². The molecule has 0 fully saturated rings. The molecule has 4 heteroatoms. The minimum atomic E-state index is 0.0291. The summed E-state index contributed by atoms with van der Waals surface area (Å²) in [6.07, 6.45) is 1.52. The van der Waals surface area contributed by atoms with Crippen LogP contribution in [0.4, 0.5) is 0 Å². The summed E-state index contributed by atoms with van der Waals surface area (Å²) in [6.45, 7) is 0.454. The summed E-state index contributed by atoms with van der Waals surface area (Å²) >= 11 is 0. The maximum Gasteiger partial charge on any atom is 0.117 e. The summed E-state index contributed by atoms with van der Waals surface area (Å²) in [4.78, 5) is 0. The predicted molar refractivity (Wildman–Crippen MR) is 40.9 cm³/mol. The molecule has 0 rings (SSSR count). The Labute approximate surface area is 60.6 Å². The first-order chi connectivity index (χ1) is 4.70. The number of methoxy groups -OCH3 is 1. The molecule has 0 atom stereocenters. The van der Waals surface area contributed by atoms with Crippen molar-refractivity contribution in [2.45, 2.75) is 0 Å². The van der Waals surface area contributed by atoms with Crippen molar-refractivity contribution in [1.29, 1.82) is 5.41 Å². The molecule has 0 bridgehead atoms. The number of nitrogens with two attached hydrogens (primary N) is 1. The molecule has 0 aliphatic rings. The van der Waals surface area contributed by atoms with Gasteiger partial charge in [-0.15, -0.1) is 0 Å². The zero-order chi connectivity index (χ0) is 7.98. The number of ether oxygens (including phenoxy) is 1. The summed E-state index contributed by atoms with van der Waals surface area (Å²) in [5, 5.41) is 9.76. The Kier molecular flexibility index (Phi) is 4.32. The van der Waals surface area contributed by atoms with Crippen molar-refractivity contribution >= 4 is 5.84 Å². The molecule has 0 aliphatic carbocycles. The van der Waals surface area contributed by atoms with Crippen LogP contribution in [0.1, 0.15) is 0 Å². The van der Waals surface area contributed by atoms with Crippen LogP contribution in [0.2, 0.25) is 0 Å². The Morgan fingerprint density at radius 1 is 1.80 bits per heavy atom. The molecule has 0 aromatic carbocycles. The van der Waals surface area contributed by atoms with E-state index in [0.717, 1.165) is 5.70 Å². The van der Waals surface area contributed by atoms with E-state index in [-0.39, 0.29) is 5.84 Å². The van der Waals surface area contributed by atoms with Crippen molar-refractivity contribution < 1.29 is 4.74 Å². The largest absolute Gasteiger partial charge is 0.389 e. The normalized spacial score (nSPS) is 11.2. The maximum absolute atomic E-state index is 6.91. The van der Waals surface area contributed by atoms with Crippen LogP contribution >= 0.6 is 0 Å². The molecule has 0 spiro atoms. The van der Waals surface area contributed by atoms with E-state index >= 15 is 0 Å². The highest BCUT2D eigenvalue weighted by Crippen LogP contribution is 1.86. The van der Waals surface area contributed by atoms with Crippen LogP contribution in [-0.2, 0) is 4.74 Å². The van der Waals surface area contributed by atoms with Gasteiger partial charge in [0.05, 0.1) is 6.61 Å². The summed E-state index contributed by atoms with van der Waals surface area (Å²) in [5.41, 5.74) is 5.91. The molecule has 58 valence electrons. The Balaban J connectivity index is 3.91. The summed E-state index contributed by atoms with van der Waals surface area (Å²) < 4.78 is 4.81. The van der Waals surface area contributed by atoms with Crippen LogP contribution in [0.25, 0.3) is 0 Å². The number of amidine groups is 1. The van der Waals surface area contributed by atoms with Gasteiger partial charge in [-0.2, -0.15) is 0 Å². The van der Waals surface area contributed by atoms with Crippen molar-refractivity contribution in [1.82, 2.24) is 5.32 Å². The Morgan fingerprint density at radius 2 is 2.40 bits per heavy atom. The molecular formula is C6H13N3O. The highest BCUT2D eigenvalue weighted by atomic mass is 16.5. The highest BCUT2D eigenvalue weighted by molar-refractivity contribution is 5.89. The maximum atomic E-state index is 6.91. The van der Waals surface area contributed by atoms with Gasteiger partial charge in [0.25, 0.3) is 0 Å². The minimum Gasteiger partial charge on any atom is -0.389 e. The van der Waals surface area contributed by atoms with Gasteiger partial charge < -0.3 is 15.8 Å². The van der Waals surface area contributed by atoms with Gasteiger partial charge in [-0.1, -0.05) is 0 Å². The molecule has 0 heterocycles. The summed E-state index contributed by atoms with van der Waals surface area (Å²) in [5.74, 6) is 0.0291. The van der Waals surface area contributed by atoms with Crippen LogP contribution in [0.5, 0.6) is 0 Å². The molecule has 0 amide bonds. The van der Waals surface area contributed by atoms with Gasteiger partial charge >= 0.3 is 0 Å². The first-order valence-electron chi connectivity index (χ1n) is 2.92. The lowest BCUT2D eigenvalue weighted by atomic mass is 10.4.